The highest BCUT2D eigenvalue weighted by Gasteiger charge is 2.36. The van der Waals surface area contributed by atoms with Crippen molar-refractivity contribution in [3.8, 4) is 0 Å². The Balaban J connectivity index is 1.29. The van der Waals surface area contributed by atoms with Crippen molar-refractivity contribution in [3.63, 3.8) is 0 Å². The Kier molecular flexibility index (Phi) is 9.35. The molecule has 7 heteroatoms. The van der Waals surface area contributed by atoms with E-state index in [9.17, 15) is 9.90 Å². The van der Waals surface area contributed by atoms with E-state index in [1.54, 1.807) is 24.5 Å². The first-order chi connectivity index (χ1) is 20.0. The summed E-state index contributed by atoms with van der Waals surface area (Å²) in [6.07, 6.45) is 6.49. The van der Waals surface area contributed by atoms with E-state index in [2.05, 4.69) is 69.0 Å². The topological polar surface area (TPSA) is 77.5 Å². The van der Waals surface area contributed by atoms with Crippen molar-refractivity contribution in [2.75, 3.05) is 31.5 Å². The van der Waals surface area contributed by atoms with E-state index in [4.69, 9.17) is 11.6 Å². The number of hydrogen-bond acceptors (Lipinski definition) is 4. The molecule has 3 aromatic carbocycles. The van der Waals surface area contributed by atoms with Gasteiger partial charge in [-0.05, 0) is 73.2 Å². The third kappa shape index (κ3) is 7.14. The molecule has 1 fully saturated rings. The predicted molar refractivity (Wildman–Crippen MR) is 165 cm³/mol. The van der Waals surface area contributed by atoms with E-state index < -0.39 is 11.0 Å². The Morgan fingerprint density at radius 1 is 0.878 bits per heavy atom. The summed E-state index contributed by atoms with van der Waals surface area (Å²) in [6, 6.07) is 31.8. The molecule has 5 rings (SSSR count). The molecule has 1 aromatic heterocycles. The quantitative estimate of drug-likeness (QED) is 0.201. The van der Waals surface area contributed by atoms with Crippen LogP contribution in [0, 0.1) is 0 Å². The first-order valence-corrected chi connectivity index (χ1v) is 14.6. The van der Waals surface area contributed by atoms with Gasteiger partial charge in [-0.2, -0.15) is 0 Å². The number of benzene rings is 3. The lowest BCUT2D eigenvalue weighted by molar-refractivity contribution is -0.0262. The summed E-state index contributed by atoms with van der Waals surface area (Å²) >= 11 is 6.06. The zero-order valence-electron chi connectivity index (χ0n) is 23.2. The van der Waals surface area contributed by atoms with Gasteiger partial charge in [-0.1, -0.05) is 84.4 Å². The van der Waals surface area contributed by atoms with Crippen LogP contribution in [0.5, 0.6) is 0 Å². The van der Waals surface area contributed by atoms with E-state index in [0.29, 0.717) is 30.1 Å². The number of amides is 2. The summed E-state index contributed by atoms with van der Waals surface area (Å²) in [5.74, 6) is 0. The van der Waals surface area contributed by atoms with Crippen molar-refractivity contribution >= 4 is 23.3 Å². The van der Waals surface area contributed by atoms with Gasteiger partial charge in [-0.3, -0.25) is 4.98 Å². The summed E-state index contributed by atoms with van der Waals surface area (Å²) in [7, 11) is 0. The molecule has 1 aliphatic heterocycles. The first-order valence-electron chi connectivity index (χ1n) is 14.2. The fourth-order valence-electron chi connectivity index (χ4n) is 5.90. The van der Waals surface area contributed by atoms with Gasteiger partial charge in [0.25, 0.3) is 0 Å². The third-order valence-corrected chi connectivity index (χ3v) is 8.54. The number of nitrogens with one attached hydrogen (secondary N) is 2. The van der Waals surface area contributed by atoms with Gasteiger partial charge in [-0.25, -0.2) is 4.79 Å². The zero-order valence-corrected chi connectivity index (χ0v) is 23.9. The highest BCUT2D eigenvalue weighted by atomic mass is 35.5. The molecule has 0 radical (unpaired) electrons. The van der Waals surface area contributed by atoms with Crippen LogP contribution in [0.3, 0.4) is 0 Å². The SMILES string of the molecule is O=C(NCC(CCCN1CCC(O)(c2ccc(Cl)cc2)CC1)(c1ccccc1)c1ccccc1)Nc1ccncc1. The number of piperidine rings is 1. The summed E-state index contributed by atoms with van der Waals surface area (Å²) in [4.78, 5) is 19.4. The molecule has 41 heavy (non-hydrogen) atoms. The minimum atomic E-state index is -0.814. The maximum atomic E-state index is 13.0. The van der Waals surface area contributed by atoms with Gasteiger partial charge in [-0.15, -0.1) is 0 Å². The maximum Gasteiger partial charge on any atom is 0.319 e. The zero-order chi connectivity index (χ0) is 28.5. The van der Waals surface area contributed by atoms with Crippen molar-refractivity contribution < 1.29 is 9.90 Å². The van der Waals surface area contributed by atoms with Crippen molar-refractivity contribution in [1.29, 1.82) is 0 Å². The van der Waals surface area contributed by atoms with Crippen molar-refractivity contribution in [3.05, 3.63) is 131 Å². The molecule has 0 aliphatic carbocycles. The minimum Gasteiger partial charge on any atom is -0.385 e. The number of aromatic nitrogens is 1. The van der Waals surface area contributed by atoms with Crippen LogP contribution in [0.1, 0.15) is 42.4 Å². The number of pyridine rings is 1. The molecule has 212 valence electrons. The average molecular weight is 569 g/mol. The van der Waals surface area contributed by atoms with E-state index >= 15 is 0 Å². The second-order valence-corrected chi connectivity index (χ2v) is 11.3. The van der Waals surface area contributed by atoms with Gasteiger partial charge >= 0.3 is 6.03 Å². The number of nitrogens with zero attached hydrogens (tertiary/aromatic N) is 2. The number of carbonyl (C=O) groups is 1. The van der Waals surface area contributed by atoms with Crippen LogP contribution >= 0.6 is 11.6 Å². The first kappa shape index (κ1) is 28.8. The highest BCUT2D eigenvalue weighted by molar-refractivity contribution is 6.30. The lowest BCUT2D eigenvalue weighted by Gasteiger charge is -2.40. The van der Waals surface area contributed by atoms with Crippen molar-refractivity contribution in [2.24, 2.45) is 0 Å². The average Bonchev–Trinajstić information content (AvgIpc) is 3.01. The second-order valence-electron chi connectivity index (χ2n) is 10.8. The van der Waals surface area contributed by atoms with Crippen LogP contribution < -0.4 is 10.6 Å². The summed E-state index contributed by atoms with van der Waals surface area (Å²) in [5, 5.41) is 18.1. The molecule has 0 saturated carbocycles. The number of rotatable bonds is 10. The van der Waals surface area contributed by atoms with Crippen LogP contribution in [-0.4, -0.2) is 47.2 Å². The van der Waals surface area contributed by atoms with Gasteiger partial charge in [0.1, 0.15) is 0 Å². The number of anilines is 1. The Morgan fingerprint density at radius 3 is 2.05 bits per heavy atom. The number of likely N-dealkylation sites (tertiary alicyclic amines) is 1. The maximum absolute atomic E-state index is 13.0. The monoisotopic (exact) mass is 568 g/mol. The Labute approximate surface area is 247 Å². The fraction of sp³-hybridized carbons (Fsp3) is 0.294. The smallest absolute Gasteiger partial charge is 0.319 e. The summed E-state index contributed by atoms with van der Waals surface area (Å²) < 4.78 is 0. The van der Waals surface area contributed by atoms with Crippen molar-refractivity contribution in [2.45, 2.75) is 36.7 Å². The molecular weight excluding hydrogens is 532 g/mol. The van der Waals surface area contributed by atoms with E-state index in [1.807, 2.05) is 36.4 Å². The van der Waals surface area contributed by atoms with Crippen LogP contribution in [-0.2, 0) is 11.0 Å². The molecule has 2 heterocycles. The molecule has 4 aromatic rings. The Bertz CT molecular complexity index is 1340. The molecule has 0 unspecified atom stereocenters. The van der Waals surface area contributed by atoms with Gasteiger partial charge in [0.2, 0.25) is 0 Å². The summed E-state index contributed by atoms with van der Waals surface area (Å²) in [6.45, 7) is 3.03. The van der Waals surface area contributed by atoms with Crippen LogP contribution in [0.2, 0.25) is 5.02 Å². The number of urea groups is 1. The predicted octanol–water partition coefficient (Wildman–Crippen LogP) is 6.61. The molecule has 2 amide bonds. The Morgan fingerprint density at radius 2 is 1.46 bits per heavy atom. The van der Waals surface area contributed by atoms with Crippen molar-refractivity contribution in [1.82, 2.24) is 15.2 Å². The molecule has 0 atom stereocenters. The van der Waals surface area contributed by atoms with E-state index in [-0.39, 0.29) is 6.03 Å². The van der Waals surface area contributed by atoms with Gasteiger partial charge in [0, 0.05) is 48.2 Å². The highest BCUT2D eigenvalue weighted by Crippen LogP contribution is 2.38. The van der Waals surface area contributed by atoms with Gasteiger partial charge < -0.3 is 20.6 Å². The van der Waals surface area contributed by atoms with Crippen LogP contribution in [0.15, 0.2) is 109 Å². The van der Waals surface area contributed by atoms with E-state index in [1.165, 1.54) is 11.1 Å². The summed E-state index contributed by atoms with van der Waals surface area (Å²) in [5.41, 5.74) is 2.76. The Hall–Kier alpha value is -3.71. The van der Waals surface area contributed by atoms with Gasteiger partial charge in [0.15, 0.2) is 0 Å². The van der Waals surface area contributed by atoms with Gasteiger partial charge in [0.05, 0.1) is 5.60 Å². The van der Waals surface area contributed by atoms with Crippen LogP contribution in [0.25, 0.3) is 0 Å². The van der Waals surface area contributed by atoms with Crippen LogP contribution in [0.4, 0.5) is 10.5 Å². The molecular formula is C34H37ClN4O2. The minimum absolute atomic E-state index is 0.245. The normalized spacial score (nSPS) is 15.3. The fourth-order valence-corrected chi connectivity index (χ4v) is 6.03. The standard InChI is InChI=1S/C34H37ClN4O2/c35-30-14-12-29(13-15-30)34(41)19-24-39(25-20-34)23-7-18-33(27-8-3-1-4-9-27,28-10-5-2-6-11-28)26-37-32(40)38-31-16-21-36-22-17-31/h1-6,8-17,21-22,41H,7,18-20,23-26H2,(H2,36,37,38,40). The third-order valence-electron chi connectivity index (χ3n) is 8.28. The molecule has 3 N–H and O–H groups in total. The number of halogens is 1. The lowest BCUT2D eigenvalue weighted by Crippen LogP contribution is -2.45. The largest absolute Gasteiger partial charge is 0.385 e. The lowest BCUT2D eigenvalue weighted by atomic mass is 9.71. The number of aliphatic hydroxyl groups is 1. The molecule has 1 saturated heterocycles. The van der Waals surface area contributed by atoms with E-state index in [0.717, 1.165) is 38.0 Å². The second kappa shape index (κ2) is 13.3. The molecule has 1 aliphatic rings. The number of hydrogen-bond donors (Lipinski definition) is 3. The number of carbonyl (C=O) groups excluding carboxylic acids is 1. The molecule has 0 spiro atoms. The molecule has 0 bridgehead atoms. The molecule has 6 nitrogen and oxygen atoms in total.